The summed E-state index contributed by atoms with van der Waals surface area (Å²) in [6, 6.07) is 12.9. The topological polar surface area (TPSA) is 88.0 Å². The van der Waals surface area contributed by atoms with Gasteiger partial charge in [0.2, 0.25) is 5.91 Å². The molecule has 170 valence electrons. The van der Waals surface area contributed by atoms with Crippen molar-refractivity contribution < 1.29 is 14.0 Å². The minimum Gasteiger partial charge on any atom is -0.354 e. The smallest absolute Gasteiger partial charge is 0.315 e. The quantitative estimate of drug-likeness (QED) is 0.421. The van der Waals surface area contributed by atoms with Crippen LogP contribution in [0.2, 0.25) is 0 Å². The molecule has 1 atom stereocenters. The van der Waals surface area contributed by atoms with E-state index in [1.54, 1.807) is 12.1 Å². The van der Waals surface area contributed by atoms with Crippen molar-refractivity contribution in [1.29, 1.82) is 0 Å². The van der Waals surface area contributed by atoms with Gasteiger partial charge in [0.25, 0.3) is 0 Å². The van der Waals surface area contributed by atoms with Crippen LogP contribution in [0.3, 0.4) is 0 Å². The fourth-order valence-corrected chi connectivity index (χ4v) is 3.60. The minimum atomic E-state index is -0.607. The van der Waals surface area contributed by atoms with Crippen LogP contribution >= 0.6 is 0 Å². The molecule has 0 saturated carbocycles. The Morgan fingerprint density at radius 2 is 1.84 bits per heavy atom. The van der Waals surface area contributed by atoms with Gasteiger partial charge in [0.1, 0.15) is 17.7 Å². The molecule has 0 aliphatic rings. The fourth-order valence-electron chi connectivity index (χ4n) is 3.60. The Kier molecular flexibility index (Phi) is 8.19. The lowest BCUT2D eigenvalue weighted by Gasteiger charge is -2.18. The molecule has 0 saturated heterocycles. The average molecular weight is 440 g/mol. The number of carbonyl (C=O) groups excluding carboxylic acids is 2. The second-order valence-corrected chi connectivity index (χ2v) is 7.74. The average Bonchev–Trinajstić information content (AvgIpc) is 3.11. The van der Waals surface area contributed by atoms with Crippen LogP contribution in [-0.2, 0) is 17.9 Å². The van der Waals surface area contributed by atoms with Crippen molar-refractivity contribution in [3.05, 3.63) is 65.7 Å². The normalized spacial score (nSPS) is 11.8. The van der Waals surface area contributed by atoms with Gasteiger partial charge in [-0.25, -0.2) is 14.2 Å². The summed E-state index contributed by atoms with van der Waals surface area (Å²) in [5.74, 6) is 0.422. The number of urea groups is 1. The first-order valence-electron chi connectivity index (χ1n) is 11.0. The van der Waals surface area contributed by atoms with Crippen molar-refractivity contribution in [1.82, 2.24) is 25.5 Å². The summed E-state index contributed by atoms with van der Waals surface area (Å²) < 4.78 is 15.1. The number of imidazole rings is 1. The summed E-state index contributed by atoms with van der Waals surface area (Å²) in [6.45, 7) is 5.45. The number of nitrogens with one attached hydrogen (secondary N) is 3. The molecule has 0 radical (unpaired) electrons. The zero-order valence-electron chi connectivity index (χ0n) is 18.5. The molecule has 7 nitrogen and oxygen atoms in total. The van der Waals surface area contributed by atoms with Gasteiger partial charge in [0.05, 0.1) is 11.0 Å². The van der Waals surface area contributed by atoms with E-state index in [9.17, 15) is 14.0 Å². The molecule has 8 heteroatoms. The number of nitrogens with zero attached hydrogens (tertiary/aromatic N) is 2. The standard InChI is InChI=1S/C24H30FN5O2/c1-3-7-21(29-24(32)27-16-18-10-12-19(25)13-11-18)23(31)26-14-6-15-30-17(2)28-20-8-4-5-9-22(20)30/h4-5,8-13,21H,3,6-7,14-16H2,1-2H3,(H,26,31)(H2,27,29,32). The van der Waals surface area contributed by atoms with Crippen LogP contribution < -0.4 is 16.0 Å². The molecule has 3 rings (SSSR count). The predicted molar refractivity (Wildman–Crippen MR) is 123 cm³/mol. The lowest BCUT2D eigenvalue weighted by molar-refractivity contribution is -0.123. The Balaban J connectivity index is 1.45. The number of para-hydroxylation sites is 2. The Labute approximate surface area is 187 Å². The Hall–Kier alpha value is -3.42. The highest BCUT2D eigenvalue weighted by Crippen LogP contribution is 2.15. The minimum absolute atomic E-state index is 0.198. The first kappa shape index (κ1) is 23.2. The molecule has 0 fully saturated rings. The van der Waals surface area contributed by atoms with Gasteiger partial charge in [-0.1, -0.05) is 37.6 Å². The van der Waals surface area contributed by atoms with Crippen LogP contribution in [0.25, 0.3) is 11.0 Å². The third kappa shape index (κ3) is 6.29. The van der Waals surface area contributed by atoms with Gasteiger partial charge in [-0.15, -0.1) is 0 Å². The summed E-state index contributed by atoms with van der Waals surface area (Å²) >= 11 is 0. The van der Waals surface area contributed by atoms with E-state index in [1.807, 2.05) is 38.1 Å². The molecular formula is C24H30FN5O2. The molecule has 32 heavy (non-hydrogen) atoms. The molecule has 3 N–H and O–H groups in total. The lowest BCUT2D eigenvalue weighted by atomic mass is 10.1. The monoisotopic (exact) mass is 439 g/mol. The first-order valence-corrected chi connectivity index (χ1v) is 11.0. The molecule has 3 aromatic rings. The van der Waals surface area contributed by atoms with E-state index in [-0.39, 0.29) is 18.3 Å². The van der Waals surface area contributed by atoms with E-state index in [1.165, 1.54) is 12.1 Å². The van der Waals surface area contributed by atoms with E-state index in [2.05, 4.69) is 25.5 Å². The number of aromatic nitrogens is 2. The van der Waals surface area contributed by atoms with Crippen LogP contribution in [0.4, 0.5) is 9.18 Å². The number of fused-ring (bicyclic) bond motifs is 1. The number of carbonyl (C=O) groups is 2. The van der Waals surface area contributed by atoms with Crippen LogP contribution in [0.5, 0.6) is 0 Å². The Bertz CT molecular complexity index is 1050. The van der Waals surface area contributed by atoms with Gasteiger partial charge >= 0.3 is 6.03 Å². The van der Waals surface area contributed by atoms with Crippen LogP contribution in [0, 0.1) is 12.7 Å². The number of amides is 3. The second kappa shape index (κ2) is 11.3. The number of aryl methyl sites for hydroxylation is 2. The zero-order chi connectivity index (χ0) is 22.9. The highest BCUT2D eigenvalue weighted by Gasteiger charge is 2.19. The van der Waals surface area contributed by atoms with Crippen LogP contribution in [0.15, 0.2) is 48.5 Å². The summed E-state index contributed by atoms with van der Waals surface area (Å²) in [5.41, 5.74) is 2.83. The van der Waals surface area contributed by atoms with Crippen molar-refractivity contribution in [3.8, 4) is 0 Å². The number of hydrogen-bond acceptors (Lipinski definition) is 3. The van der Waals surface area contributed by atoms with E-state index in [0.29, 0.717) is 13.0 Å². The van der Waals surface area contributed by atoms with Gasteiger partial charge in [-0.2, -0.15) is 0 Å². The summed E-state index contributed by atoms with van der Waals surface area (Å²) in [4.78, 5) is 29.4. The predicted octanol–water partition coefficient (Wildman–Crippen LogP) is 3.66. The highest BCUT2D eigenvalue weighted by atomic mass is 19.1. The Morgan fingerprint density at radius 1 is 1.09 bits per heavy atom. The maximum atomic E-state index is 13.0. The third-order valence-corrected chi connectivity index (χ3v) is 5.27. The molecule has 3 amide bonds. The maximum Gasteiger partial charge on any atom is 0.315 e. The maximum absolute atomic E-state index is 13.0. The third-order valence-electron chi connectivity index (χ3n) is 5.27. The van der Waals surface area contributed by atoms with Gasteiger partial charge < -0.3 is 20.5 Å². The summed E-state index contributed by atoms with van der Waals surface area (Å²) in [6.07, 6.45) is 2.06. The summed E-state index contributed by atoms with van der Waals surface area (Å²) in [7, 11) is 0. The second-order valence-electron chi connectivity index (χ2n) is 7.74. The molecule has 0 spiro atoms. The first-order chi connectivity index (χ1) is 15.5. The van der Waals surface area contributed by atoms with Gasteiger partial charge in [-0.3, -0.25) is 4.79 Å². The molecular weight excluding hydrogens is 409 g/mol. The molecule has 1 unspecified atom stereocenters. The lowest BCUT2D eigenvalue weighted by Crippen LogP contribution is -2.50. The van der Waals surface area contributed by atoms with Crippen molar-refractivity contribution in [3.63, 3.8) is 0 Å². The number of hydrogen-bond donors (Lipinski definition) is 3. The van der Waals surface area contributed by atoms with Crippen LogP contribution in [0.1, 0.15) is 37.6 Å². The SMILES string of the molecule is CCCC(NC(=O)NCc1ccc(F)cc1)C(=O)NCCCn1c(C)nc2ccccc21. The Morgan fingerprint density at radius 3 is 2.59 bits per heavy atom. The number of rotatable bonds is 10. The van der Waals surface area contributed by atoms with Crippen molar-refractivity contribution in [2.24, 2.45) is 0 Å². The van der Waals surface area contributed by atoms with Crippen molar-refractivity contribution >= 4 is 23.0 Å². The van der Waals surface area contributed by atoms with Crippen molar-refractivity contribution in [2.75, 3.05) is 6.54 Å². The van der Waals surface area contributed by atoms with E-state index in [4.69, 9.17) is 0 Å². The number of benzene rings is 2. The van der Waals surface area contributed by atoms with Gasteiger partial charge in [0, 0.05) is 19.6 Å². The number of halogens is 1. The van der Waals surface area contributed by atoms with E-state index in [0.717, 1.165) is 41.8 Å². The van der Waals surface area contributed by atoms with Crippen LogP contribution in [-0.4, -0.2) is 34.1 Å². The van der Waals surface area contributed by atoms with E-state index < -0.39 is 12.1 Å². The largest absolute Gasteiger partial charge is 0.354 e. The molecule has 2 aromatic carbocycles. The molecule has 0 aliphatic heterocycles. The molecule has 1 heterocycles. The zero-order valence-corrected chi connectivity index (χ0v) is 18.5. The van der Waals surface area contributed by atoms with Gasteiger partial charge in [-0.05, 0) is 49.6 Å². The fraction of sp³-hybridized carbons (Fsp3) is 0.375. The van der Waals surface area contributed by atoms with Gasteiger partial charge in [0.15, 0.2) is 0 Å². The molecule has 0 aliphatic carbocycles. The van der Waals surface area contributed by atoms with E-state index >= 15 is 0 Å². The highest BCUT2D eigenvalue weighted by molar-refractivity contribution is 5.87. The summed E-state index contributed by atoms with van der Waals surface area (Å²) in [5, 5.41) is 8.37. The molecule has 0 bridgehead atoms. The molecule has 1 aromatic heterocycles. The van der Waals surface area contributed by atoms with Crippen molar-refractivity contribution in [2.45, 2.75) is 52.2 Å².